The molecule has 1 aromatic rings. The van der Waals surface area contributed by atoms with E-state index in [1.54, 1.807) is 0 Å². The van der Waals surface area contributed by atoms with Crippen molar-refractivity contribution in [2.45, 2.75) is 32.6 Å². The van der Waals surface area contributed by atoms with Crippen molar-refractivity contribution in [1.29, 1.82) is 0 Å². The number of rotatable bonds is 7. The lowest BCUT2D eigenvalue weighted by Crippen LogP contribution is -2.31. The highest BCUT2D eigenvalue weighted by Gasteiger charge is 2.16. The molecule has 1 fully saturated rings. The highest BCUT2D eigenvalue weighted by molar-refractivity contribution is 5.38. The molecule has 0 saturated carbocycles. The summed E-state index contributed by atoms with van der Waals surface area (Å²) in [7, 11) is 0. The van der Waals surface area contributed by atoms with Gasteiger partial charge in [0.05, 0.1) is 6.61 Å². The van der Waals surface area contributed by atoms with Crippen molar-refractivity contribution in [1.82, 2.24) is 15.0 Å². The Labute approximate surface area is 119 Å². The number of hydrogen-bond donors (Lipinski definition) is 2. The maximum absolute atomic E-state index is 8.83. The van der Waals surface area contributed by atoms with Crippen molar-refractivity contribution < 1.29 is 9.84 Å². The second-order valence-corrected chi connectivity index (χ2v) is 4.79. The van der Waals surface area contributed by atoms with Crippen molar-refractivity contribution in [2.24, 2.45) is 0 Å². The fourth-order valence-electron chi connectivity index (χ4n) is 2.10. The van der Waals surface area contributed by atoms with Crippen LogP contribution in [0.25, 0.3) is 0 Å². The minimum absolute atomic E-state index is 0.0531. The van der Waals surface area contributed by atoms with E-state index >= 15 is 0 Å². The van der Waals surface area contributed by atoms with E-state index in [-0.39, 0.29) is 19.2 Å². The zero-order valence-corrected chi connectivity index (χ0v) is 12.0. The third kappa shape index (κ3) is 4.19. The average molecular weight is 281 g/mol. The lowest BCUT2D eigenvalue weighted by molar-refractivity contribution is 0.191. The molecule has 7 nitrogen and oxygen atoms in total. The number of hydrogen-bond acceptors (Lipinski definition) is 7. The molecule has 0 atom stereocenters. The summed E-state index contributed by atoms with van der Waals surface area (Å²) in [6.45, 7) is 4.97. The molecule has 0 aromatic carbocycles. The minimum atomic E-state index is -0.0531. The first-order valence-corrected chi connectivity index (χ1v) is 7.32. The third-order valence-electron chi connectivity index (χ3n) is 3.10. The predicted octanol–water partition coefficient (Wildman–Crippen LogP) is 1.05. The molecule has 0 amide bonds. The van der Waals surface area contributed by atoms with Crippen molar-refractivity contribution in [3.8, 4) is 6.01 Å². The molecule has 7 heteroatoms. The number of ether oxygens (including phenoxy) is 1. The maximum atomic E-state index is 8.83. The fraction of sp³-hybridized carbons (Fsp3) is 0.769. The van der Waals surface area contributed by atoms with Gasteiger partial charge in [-0.2, -0.15) is 15.0 Å². The van der Waals surface area contributed by atoms with Crippen LogP contribution in [0, 0.1) is 0 Å². The number of nitrogens with one attached hydrogen (secondary N) is 1. The van der Waals surface area contributed by atoms with E-state index < -0.39 is 0 Å². The zero-order chi connectivity index (χ0) is 14.2. The number of aromatic nitrogens is 3. The summed E-state index contributed by atoms with van der Waals surface area (Å²) in [4.78, 5) is 15.2. The van der Waals surface area contributed by atoms with Gasteiger partial charge in [-0.15, -0.1) is 0 Å². The van der Waals surface area contributed by atoms with E-state index in [2.05, 4.69) is 32.1 Å². The number of anilines is 2. The average Bonchev–Trinajstić information content (AvgIpc) is 2.51. The van der Waals surface area contributed by atoms with Crippen LogP contribution in [0.5, 0.6) is 6.01 Å². The molecule has 0 aliphatic carbocycles. The van der Waals surface area contributed by atoms with Crippen LogP contribution in [0.15, 0.2) is 0 Å². The molecule has 1 saturated heterocycles. The Hall–Kier alpha value is -1.63. The first-order valence-electron chi connectivity index (χ1n) is 7.32. The Morgan fingerprint density at radius 1 is 1.20 bits per heavy atom. The molecule has 112 valence electrons. The number of aliphatic hydroxyl groups excluding tert-OH is 1. The van der Waals surface area contributed by atoms with E-state index in [1.165, 1.54) is 6.42 Å². The molecule has 1 aliphatic heterocycles. The Morgan fingerprint density at radius 3 is 2.70 bits per heavy atom. The van der Waals surface area contributed by atoms with Crippen LogP contribution in [0.1, 0.15) is 32.6 Å². The Balaban J connectivity index is 2.14. The first-order chi connectivity index (χ1) is 9.83. The molecule has 2 N–H and O–H groups in total. The van der Waals surface area contributed by atoms with Gasteiger partial charge in [0, 0.05) is 19.6 Å². The summed E-state index contributed by atoms with van der Waals surface area (Å²) in [6, 6.07) is 0.272. The molecule has 1 aromatic heterocycles. The topological polar surface area (TPSA) is 83.4 Å². The lowest BCUT2D eigenvalue weighted by Gasteiger charge is -2.26. The zero-order valence-electron chi connectivity index (χ0n) is 12.0. The smallest absolute Gasteiger partial charge is 0.323 e. The quantitative estimate of drug-likeness (QED) is 0.773. The largest absolute Gasteiger partial charge is 0.461 e. The van der Waals surface area contributed by atoms with Crippen molar-refractivity contribution in [3.63, 3.8) is 0 Å². The molecule has 0 radical (unpaired) electrons. The van der Waals surface area contributed by atoms with E-state index in [0.29, 0.717) is 11.9 Å². The van der Waals surface area contributed by atoms with Gasteiger partial charge in [-0.25, -0.2) is 0 Å². The van der Waals surface area contributed by atoms with Crippen LogP contribution >= 0.6 is 0 Å². The van der Waals surface area contributed by atoms with E-state index in [4.69, 9.17) is 9.84 Å². The van der Waals surface area contributed by atoms with Crippen molar-refractivity contribution >= 4 is 11.9 Å². The molecule has 2 rings (SSSR count). The highest BCUT2D eigenvalue weighted by Crippen LogP contribution is 2.19. The van der Waals surface area contributed by atoms with Crippen molar-refractivity contribution in [3.05, 3.63) is 0 Å². The van der Waals surface area contributed by atoms with Crippen LogP contribution < -0.4 is 15.0 Å². The number of aliphatic hydroxyl groups is 1. The van der Waals surface area contributed by atoms with Gasteiger partial charge in [0.15, 0.2) is 0 Å². The summed E-state index contributed by atoms with van der Waals surface area (Å²) in [5.74, 6) is 1.20. The molecule has 20 heavy (non-hydrogen) atoms. The summed E-state index contributed by atoms with van der Waals surface area (Å²) in [6.07, 6.45) is 4.58. The van der Waals surface area contributed by atoms with Gasteiger partial charge in [0.25, 0.3) is 0 Å². The third-order valence-corrected chi connectivity index (χ3v) is 3.10. The molecule has 2 heterocycles. The van der Waals surface area contributed by atoms with E-state index in [0.717, 1.165) is 38.9 Å². The monoisotopic (exact) mass is 281 g/mol. The summed E-state index contributed by atoms with van der Waals surface area (Å²) < 4.78 is 5.33. The van der Waals surface area contributed by atoms with Gasteiger partial charge in [0.2, 0.25) is 11.9 Å². The highest BCUT2D eigenvalue weighted by atomic mass is 16.5. The van der Waals surface area contributed by atoms with Crippen molar-refractivity contribution in [2.75, 3.05) is 43.1 Å². The van der Waals surface area contributed by atoms with Crippen LogP contribution in [0.4, 0.5) is 11.9 Å². The molecule has 0 unspecified atom stereocenters. The summed E-state index contributed by atoms with van der Waals surface area (Å²) in [5.41, 5.74) is 0. The summed E-state index contributed by atoms with van der Waals surface area (Å²) in [5, 5.41) is 12.0. The molecular weight excluding hydrogens is 258 g/mol. The second-order valence-electron chi connectivity index (χ2n) is 4.79. The molecule has 0 spiro atoms. The van der Waals surface area contributed by atoms with E-state index in [1.807, 2.05) is 0 Å². The number of piperidine rings is 1. The van der Waals surface area contributed by atoms with Gasteiger partial charge >= 0.3 is 6.01 Å². The second kappa shape index (κ2) is 7.84. The Bertz CT molecular complexity index is 383. The molecular formula is C13H23N5O2. The van der Waals surface area contributed by atoms with Crippen LogP contribution in [-0.4, -0.2) is 52.9 Å². The first kappa shape index (κ1) is 14.8. The van der Waals surface area contributed by atoms with Crippen LogP contribution in [0.3, 0.4) is 0 Å². The predicted molar refractivity (Wildman–Crippen MR) is 77.3 cm³/mol. The molecule has 0 bridgehead atoms. The lowest BCUT2D eigenvalue weighted by atomic mass is 10.1. The van der Waals surface area contributed by atoms with Crippen LogP contribution in [0.2, 0.25) is 0 Å². The maximum Gasteiger partial charge on any atom is 0.323 e. The van der Waals surface area contributed by atoms with Gasteiger partial charge in [0.1, 0.15) is 6.61 Å². The SMILES string of the molecule is CCCNc1nc(OCCO)nc(N2CCCCC2)n1. The van der Waals surface area contributed by atoms with Crippen LogP contribution in [-0.2, 0) is 0 Å². The van der Waals surface area contributed by atoms with E-state index in [9.17, 15) is 0 Å². The van der Waals surface area contributed by atoms with Gasteiger partial charge in [-0.05, 0) is 25.7 Å². The van der Waals surface area contributed by atoms with Gasteiger partial charge in [-0.1, -0.05) is 6.92 Å². The fourth-order valence-corrected chi connectivity index (χ4v) is 2.10. The standard InChI is InChI=1S/C13H23N5O2/c1-2-6-14-11-15-12(18-7-4-3-5-8-18)17-13(16-11)20-10-9-19/h19H,2-10H2,1H3,(H,14,15,16,17). The van der Waals surface area contributed by atoms with Gasteiger partial charge in [-0.3, -0.25) is 0 Å². The molecule has 1 aliphatic rings. The minimum Gasteiger partial charge on any atom is -0.461 e. The number of nitrogens with zero attached hydrogens (tertiary/aromatic N) is 4. The Kier molecular flexibility index (Phi) is 5.79. The summed E-state index contributed by atoms with van der Waals surface area (Å²) >= 11 is 0. The Morgan fingerprint density at radius 2 is 2.00 bits per heavy atom. The normalized spacial score (nSPS) is 15.2. The van der Waals surface area contributed by atoms with Gasteiger partial charge < -0.3 is 20.1 Å².